The molecule has 0 spiro atoms. The average Bonchev–Trinajstić information content (AvgIpc) is 2.37. The second kappa shape index (κ2) is 6.87. The molecule has 0 aromatic heterocycles. The molecule has 0 radical (unpaired) electrons. The topological polar surface area (TPSA) is 72.2 Å². The fraction of sp³-hybridized carbons (Fsp3) is 0.429. The highest BCUT2D eigenvalue weighted by Crippen LogP contribution is 2.08. The minimum absolute atomic E-state index is 0.0188. The molecule has 0 bridgehead atoms. The van der Waals surface area contributed by atoms with E-state index in [0.717, 1.165) is 6.42 Å². The predicted octanol–water partition coefficient (Wildman–Crippen LogP) is 1.38. The van der Waals surface area contributed by atoms with Gasteiger partial charge in [0.15, 0.2) is 0 Å². The number of primary amides is 1. The molecular weight excluding hydrogens is 247 g/mol. The smallest absolute Gasteiger partial charge is 0.240 e. The van der Waals surface area contributed by atoms with E-state index in [1.165, 1.54) is 24.3 Å². The lowest BCUT2D eigenvalue weighted by atomic mass is 9.98. The summed E-state index contributed by atoms with van der Waals surface area (Å²) in [5, 5.41) is 2.62. The van der Waals surface area contributed by atoms with E-state index in [4.69, 9.17) is 5.73 Å². The van der Waals surface area contributed by atoms with Gasteiger partial charge >= 0.3 is 0 Å². The van der Waals surface area contributed by atoms with Gasteiger partial charge in [-0.2, -0.15) is 0 Å². The molecular formula is C14H19FN2O2. The van der Waals surface area contributed by atoms with Crippen molar-refractivity contribution in [3.8, 4) is 0 Å². The SMILES string of the molecule is CC[C@H](C)[C@H](NC(=O)Cc1ccc(F)cc1)C(N)=O. The van der Waals surface area contributed by atoms with Crippen molar-refractivity contribution in [2.75, 3.05) is 0 Å². The number of nitrogens with one attached hydrogen (secondary N) is 1. The molecule has 0 unspecified atom stereocenters. The van der Waals surface area contributed by atoms with Crippen molar-refractivity contribution in [3.05, 3.63) is 35.6 Å². The Balaban J connectivity index is 2.62. The number of hydrogen-bond acceptors (Lipinski definition) is 2. The van der Waals surface area contributed by atoms with Crippen LogP contribution in [0, 0.1) is 11.7 Å². The molecule has 0 aliphatic carbocycles. The molecule has 1 aromatic carbocycles. The molecule has 0 saturated carbocycles. The molecule has 2 amide bonds. The van der Waals surface area contributed by atoms with Crippen LogP contribution in [0.25, 0.3) is 0 Å². The van der Waals surface area contributed by atoms with Crippen LogP contribution in [0.15, 0.2) is 24.3 Å². The molecule has 3 N–H and O–H groups in total. The summed E-state index contributed by atoms with van der Waals surface area (Å²) in [6, 6.07) is 5.00. The van der Waals surface area contributed by atoms with Crippen molar-refractivity contribution in [2.24, 2.45) is 11.7 Å². The number of amides is 2. The molecule has 19 heavy (non-hydrogen) atoms. The van der Waals surface area contributed by atoms with Gasteiger partial charge in [-0.1, -0.05) is 32.4 Å². The summed E-state index contributed by atoms with van der Waals surface area (Å²) in [5.74, 6) is -1.20. The number of carbonyl (C=O) groups excluding carboxylic acids is 2. The standard InChI is InChI=1S/C14H19FN2O2/c1-3-9(2)13(14(16)19)17-12(18)8-10-4-6-11(15)7-5-10/h4-7,9,13H,3,8H2,1-2H3,(H2,16,19)(H,17,18)/t9-,13-/m0/s1. The monoisotopic (exact) mass is 266 g/mol. The lowest BCUT2D eigenvalue weighted by Crippen LogP contribution is -2.48. The summed E-state index contributed by atoms with van der Waals surface area (Å²) >= 11 is 0. The van der Waals surface area contributed by atoms with Gasteiger partial charge in [0.25, 0.3) is 0 Å². The highest BCUT2D eigenvalue weighted by Gasteiger charge is 2.23. The Labute approximate surface area is 112 Å². The highest BCUT2D eigenvalue weighted by atomic mass is 19.1. The summed E-state index contributed by atoms with van der Waals surface area (Å²) in [5.41, 5.74) is 5.96. The van der Waals surface area contributed by atoms with E-state index in [-0.39, 0.29) is 24.1 Å². The molecule has 4 nitrogen and oxygen atoms in total. The first-order valence-electron chi connectivity index (χ1n) is 6.27. The zero-order valence-electron chi connectivity index (χ0n) is 11.2. The summed E-state index contributed by atoms with van der Waals surface area (Å²) in [6.07, 6.45) is 0.838. The van der Waals surface area contributed by atoms with Gasteiger partial charge in [0.05, 0.1) is 6.42 Å². The first-order valence-corrected chi connectivity index (χ1v) is 6.27. The van der Waals surface area contributed by atoms with Crippen LogP contribution in [0.5, 0.6) is 0 Å². The molecule has 0 saturated heterocycles. The molecule has 0 heterocycles. The lowest BCUT2D eigenvalue weighted by Gasteiger charge is -2.21. The summed E-state index contributed by atoms with van der Waals surface area (Å²) in [4.78, 5) is 23.1. The van der Waals surface area contributed by atoms with E-state index < -0.39 is 11.9 Å². The molecule has 0 aliphatic heterocycles. The maximum absolute atomic E-state index is 12.7. The Morgan fingerprint density at radius 2 is 1.89 bits per heavy atom. The van der Waals surface area contributed by atoms with E-state index >= 15 is 0 Å². The van der Waals surface area contributed by atoms with Crippen LogP contribution in [0.2, 0.25) is 0 Å². The number of nitrogens with two attached hydrogens (primary N) is 1. The van der Waals surface area contributed by atoms with E-state index in [1.807, 2.05) is 13.8 Å². The predicted molar refractivity (Wildman–Crippen MR) is 70.7 cm³/mol. The number of carbonyl (C=O) groups is 2. The van der Waals surface area contributed by atoms with Crippen LogP contribution >= 0.6 is 0 Å². The van der Waals surface area contributed by atoms with E-state index in [9.17, 15) is 14.0 Å². The maximum Gasteiger partial charge on any atom is 0.240 e. The van der Waals surface area contributed by atoms with E-state index in [1.54, 1.807) is 0 Å². The Kier molecular flexibility index (Phi) is 5.48. The van der Waals surface area contributed by atoms with Gasteiger partial charge in [-0.05, 0) is 23.6 Å². The molecule has 2 atom stereocenters. The van der Waals surface area contributed by atoms with Gasteiger partial charge < -0.3 is 11.1 Å². The molecule has 1 rings (SSSR count). The quantitative estimate of drug-likeness (QED) is 0.816. The molecule has 5 heteroatoms. The van der Waals surface area contributed by atoms with Gasteiger partial charge in [0.1, 0.15) is 11.9 Å². The van der Waals surface area contributed by atoms with Gasteiger partial charge in [-0.25, -0.2) is 4.39 Å². The third-order valence-corrected chi connectivity index (χ3v) is 3.11. The zero-order valence-corrected chi connectivity index (χ0v) is 11.2. The summed E-state index contributed by atoms with van der Waals surface area (Å²) in [7, 11) is 0. The normalized spacial score (nSPS) is 13.6. The van der Waals surface area contributed by atoms with Crippen molar-refractivity contribution < 1.29 is 14.0 Å². The number of halogens is 1. The Hall–Kier alpha value is -1.91. The number of hydrogen-bond donors (Lipinski definition) is 2. The number of benzene rings is 1. The van der Waals surface area contributed by atoms with Crippen molar-refractivity contribution in [1.82, 2.24) is 5.32 Å². The van der Waals surface area contributed by atoms with Crippen LogP contribution in [-0.4, -0.2) is 17.9 Å². The van der Waals surface area contributed by atoms with Crippen molar-refractivity contribution in [1.29, 1.82) is 0 Å². The fourth-order valence-corrected chi connectivity index (χ4v) is 1.74. The van der Waals surface area contributed by atoms with Crippen LogP contribution in [0.3, 0.4) is 0 Å². The van der Waals surface area contributed by atoms with E-state index in [0.29, 0.717) is 5.56 Å². The van der Waals surface area contributed by atoms with Crippen molar-refractivity contribution in [3.63, 3.8) is 0 Å². The van der Waals surface area contributed by atoms with Crippen molar-refractivity contribution in [2.45, 2.75) is 32.7 Å². The van der Waals surface area contributed by atoms with Gasteiger partial charge in [0.2, 0.25) is 11.8 Å². The second-order valence-electron chi connectivity index (χ2n) is 4.64. The average molecular weight is 266 g/mol. The maximum atomic E-state index is 12.7. The highest BCUT2D eigenvalue weighted by molar-refractivity contribution is 5.87. The summed E-state index contributed by atoms with van der Waals surface area (Å²) < 4.78 is 12.7. The first kappa shape index (κ1) is 15.1. The minimum Gasteiger partial charge on any atom is -0.368 e. The second-order valence-corrected chi connectivity index (χ2v) is 4.64. The van der Waals surface area contributed by atoms with Crippen LogP contribution < -0.4 is 11.1 Å². The van der Waals surface area contributed by atoms with Crippen LogP contribution in [0.1, 0.15) is 25.8 Å². The first-order chi connectivity index (χ1) is 8.93. The Morgan fingerprint density at radius 3 is 2.37 bits per heavy atom. The summed E-state index contributed by atoms with van der Waals surface area (Å²) in [6.45, 7) is 3.78. The molecule has 1 aromatic rings. The van der Waals surface area contributed by atoms with Gasteiger partial charge in [0, 0.05) is 0 Å². The third-order valence-electron chi connectivity index (χ3n) is 3.11. The van der Waals surface area contributed by atoms with Crippen molar-refractivity contribution >= 4 is 11.8 Å². The molecule has 0 aliphatic rings. The van der Waals surface area contributed by atoms with Crippen LogP contribution in [0.4, 0.5) is 4.39 Å². The minimum atomic E-state index is -0.669. The molecule has 104 valence electrons. The zero-order chi connectivity index (χ0) is 14.4. The fourth-order valence-electron chi connectivity index (χ4n) is 1.74. The Morgan fingerprint density at radius 1 is 1.32 bits per heavy atom. The lowest BCUT2D eigenvalue weighted by molar-refractivity contribution is -0.128. The Bertz CT molecular complexity index is 445. The van der Waals surface area contributed by atoms with Crippen LogP contribution in [-0.2, 0) is 16.0 Å². The largest absolute Gasteiger partial charge is 0.368 e. The van der Waals surface area contributed by atoms with Gasteiger partial charge in [-0.15, -0.1) is 0 Å². The molecule has 0 fully saturated rings. The van der Waals surface area contributed by atoms with Gasteiger partial charge in [-0.3, -0.25) is 9.59 Å². The third kappa shape index (κ3) is 4.69. The van der Waals surface area contributed by atoms with E-state index in [2.05, 4.69) is 5.32 Å². The number of rotatable bonds is 6.